The highest BCUT2D eigenvalue weighted by Gasteiger charge is 2.38. The van der Waals surface area contributed by atoms with Crippen LogP contribution in [0, 0.1) is 19.7 Å². The van der Waals surface area contributed by atoms with Crippen molar-refractivity contribution in [3.63, 3.8) is 0 Å². The summed E-state index contributed by atoms with van der Waals surface area (Å²) in [6.07, 6.45) is -5.26. The molecule has 0 saturated carbocycles. The molecule has 0 spiro atoms. The number of halogens is 5. The number of rotatable bonds is 2. The van der Waals surface area contributed by atoms with E-state index in [0.717, 1.165) is 0 Å². The zero-order chi connectivity index (χ0) is 16.7. The van der Waals surface area contributed by atoms with Gasteiger partial charge < -0.3 is 4.98 Å². The van der Waals surface area contributed by atoms with Crippen molar-refractivity contribution in [2.75, 3.05) is 0 Å². The number of aromatic nitrogens is 3. The second-order valence-electron chi connectivity index (χ2n) is 4.70. The fourth-order valence-electron chi connectivity index (χ4n) is 1.97. The second-order valence-corrected chi connectivity index (χ2v) is 5.06. The number of aromatic amines is 1. The monoisotopic (exact) mass is 335 g/mol. The Bertz CT molecular complexity index is 763. The standard InChI is InChI=1S/C13H10ClF4N3O/c1-5-3-6(2)19-11(14)7(5)4-8-20-10(13(16,17)18)9(15)12(22)21-8/h3H,4H2,1-2H3,(H,20,21,22). The van der Waals surface area contributed by atoms with Gasteiger partial charge in [-0.3, -0.25) is 4.79 Å². The molecule has 0 aromatic carbocycles. The van der Waals surface area contributed by atoms with Gasteiger partial charge in [0.15, 0.2) is 5.69 Å². The first-order chi connectivity index (χ1) is 10.1. The van der Waals surface area contributed by atoms with Crippen LogP contribution in [0.25, 0.3) is 0 Å². The summed E-state index contributed by atoms with van der Waals surface area (Å²) in [7, 11) is 0. The summed E-state index contributed by atoms with van der Waals surface area (Å²) in [5.74, 6) is -2.30. The summed E-state index contributed by atoms with van der Waals surface area (Å²) >= 11 is 5.96. The molecule has 0 aliphatic carbocycles. The maximum atomic E-state index is 13.3. The molecule has 1 N–H and O–H groups in total. The number of H-pyrrole nitrogens is 1. The predicted octanol–water partition coefficient (Wildman–Crippen LogP) is 3.18. The number of hydrogen-bond donors (Lipinski definition) is 1. The first-order valence-corrected chi connectivity index (χ1v) is 6.46. The average molecular weight is 336 g/mol. The van der Waals surface area contributed by atoms with Crippen LogP contribution >= 0.6 is 11.6 Å². The number of aryl methyl sites for hydroxylation is 2. The van der Waals surface area contributed by atoms with Gasteiger partial charge in [-0.2, -0.15) is 17.6 Å². The minimum atomic E-state index is -5.06. The topological polar surface area (TPSA) is 58.6 Å². The summed E-state index contributed by atoms with van der Waals surface area (Å²) in [4.78, 5) is 20.4. The van der Waals surface area contributed by atoms with Crippen LogP contribution < -0.4 is 5.56 Å². The largest absolute Gasteiger partial charge is 0.436 e. The molecule has 2 heterocycles. The fourth-order valence-corrected chi connectivity index (χ4v) is 2.32. The molecule has 4 nitrogen and oxygen atoms in total. The van der Waals surface area contributed by atoms with E-state index in [0.29, 0.717) is 16.8 Å². The number of alkyl halides is 3. The molecule has 0 amide bonds. The van der Waals surface area contributed by atoms with Gasteiger partial charge in [0, 0.05) is 12.1 Å². The molecule has 22 heavy (non-hydrogen) atoms. The van der Waals surface area contributed by atoms with Crippen molar-refractivity contribution in [3.05, 3.63) is 55.7 Å². The minimum Gasteiger partial charge on any atom is -0.308 e. The third kappa shape index (κ3) is 3.27. The molecule has 0 saturated heterocycles. The predicted molar refractivity (Wildman–Crippen MR) is 71.3 cm³/mol. The summed E-state index contributed by atoms with van der Waals surface area (Å²) in [6, 6.07) is 1.69. The normalized spacial score (nSPS) is 11.8. The van der Waals surface area contributed by atoms with E-state index < -0.39 is 23.2 Å². The van der Waals surface area contributed by atoms with Crippen LogP contribution in [-0.2, 0) is 12.6 Å². The van der Waals surface area contributed by atoms with Gasteiger partial charge in [0.05, 0.1) is 0 Å². The zero-order valence-corrected chi connectivity index (χ0v) is 12.2. The Labute approximate surface area is 127 Å². The second kappa shape index (κ2) is 5.68. The van der Waals surface area contributed by atoms with Crippen molar-refractivity contribution >= 4 is 11.6 Å². The first kappa shape index (κ1) is 16.4. The van der Waals surface area contributed by atoms with Gasteiger partial charge in [-0.05, 0) is 31.0 Å². The molecule has 0 fully saturated rings. The molecule has 0 atom stereocenters. The van der Waals surface area contributed by atoms with Crippen LogP contribution in [0.4, 0.5) is 17.6 Å². The Hall–Kier alpha value is -1.96. The van der Waals surface area contributed by atoms with Gasteiger partial charge in [-0.1, -0.05) is 11.6 Å². The van der Waals surface area contributed by atoms with E-state index in [1.807, 2.05) is 4.98 Å². The highest BCUT2D eigenvalue weighted by Crippen LogP contribution is 2.29. The lowest BCUT2D eigenvalue weighted by molar-refractivity contribution is -0.144. The summed E-state index contributed by atoms with van der Waals surface area (Å²) in [6.45, 7) is 3.41. The molecular formula is C13H10ClF4N3O. The molecule has 9 heteroatoms. The van der Waals surface area contributed by atoms with E-state index in [2.05, 4.69) is 9.97 Å². The van der Waals surface area contributed by atoms with Gasteiger partial charge in [0.1, 0.15) is 11.0 Å². The van der Waals surface area contributed by atoms with E-state index in [4.69, 9.17) is 11.6 Å². The number of nitrogens with one attached hydrogen (secondary N) is 1. The van der Waals surface area contributed by atoms with Crippen LogP contribution in [0.2, 0.25) is 5.15 Å². The SMILES string of the molecule is Cc1cc(C)c(Cc2nc(C(F)(F)F)c(F)c(=O)[nH]2)c(Cl)n1. The van der Waals surface area contributed by atoms with Crippen molar-refractivity contribution in [1.82, 2.24) is 15.0 Å². The minimum absolute atomic E-state index is 0.0954. The number of pyridine rings is 1. The van der Waals surface area contributed by atoms with Gasteiger partial charge in [-0.25, -0.2) is 9.97 Å². The maximum absolute atomic E-state index is 13.3. The Morgan fingerprint density at radius 3 is 2.45 bits per heavy atom. The Morgan fingerprint density at radius 1 is 1.27 bits per heavy atom. The average Bonchev–Trinajstić information content (AvgIpc) is 2.36. The molecule has 2 rings (SSSR count). The summed E-state index contributed by atoms with van der Waals surface area (Å²) < 4.78 is 51.3. The maximum Gasteiger partial charge on any atom is 0.436 e. The van der Waals surface area contributed by atoms with E-state index in [1.54, 1.807) is 19.9 Å². The summed E-state index contributed by atoms with van der Waals surface area (Å²) in [5.41, 5.74) is -1.60. The smallest absolute Gasteiger partial charge is 0.308 e. The fraction of sp³-hybridized carbons (Fsp3) is 0.308. The van der Waals surface area contributed by atoms with Crippen LogP contribution in [-0.4, -0.2) is 15.0 Å². The van der Waals surface area contributed by atoms with Crippen molar-refractivity contribution < 1.29 is 17.6 Å². The van der Waals surface area contributed by atoms with Gasteiger partial charge in [0.2, 0.25) is 5.82 Å². The lowest BCUT2D eigenvalue weighted by atomic mass is 10.1. The van der Waals surface area contributed by atoms with Crippen molar-refractivity contribution in [2.45, 2.75) is 26.4 Å². The molecule has 0 radical (unpaired) electrons. The Morgan fingerprint density at radius 2 is 1.91 bits per heavy atom. The van der Waals surface area contributed by atoms with Crippen LogP contribution in [0.1, 0.15) is 28.3 Å². The third-order valence-electron chi connectivity index (χ3n) is 2.95. The van der Waals surface area contributed by atoms with Crippen LogP contribution in [0.5, 0.6) is 0 Å². The van der Waals surface area contributed by atoms with Gasteiger partial charge in [0.25, 0.3) is 5.56 Å². The molecule has 0 unspecified atom stereocenters. The molecule has 118 valence electrons. The Kier molecular flexibility index (Phi) is 4.23. The summed E-state index contributed by atoms with van der Waals surface area (Å²) in [5, 5.41) is 0.0954. The molecular weight excluding hydrogens is 326 g/mol. The Balaban J connectivity index is 2.52. The highest BCUT2D eigenvalue weighted by molar-refractivity contribution is 6.30. The van der Waals surface area contributed by atoms with Crippen molar-refractivity contribution in [1.29, 1.82) is 0 Å². The molecule has 2 aromatic rings. The van der Waals surface area contributed by atoms with Crippen molar-refractivity contribution in [3.8, 4) is 0 Å². The molecule has 0 bridgehead atoms. The molecule has 0 aliphatic heterocycles. The van der Waals surface area contributed by atoms with E-state index >= 15 is 0 Å². The van der Waals surface area contributed by atoms with E-state index in [9.17, 15) is 22.4 Å². The number of nitrogens with zero attached hydrogens (tertiary/aromatic N) is 2. The van der Waals surface area contributed by atoms with Crippen LogP contribution in [0.15, 0.2) is 10.9 Å². The van der Waals surface area contributed by atoms with Gasteiger partial charge >= 0.3 is 6.18 Å². The van der Waals surface area contributed by atoms with Crippen molar-refractivity contribution in [2.24, 2.45) is 0 Å². The number of hydrogen-bond acceptors (Lipinski definition) is 3. The van der Waals surface area contributed by atoms with Crippen LogP contribution in [0.3, 0.4) is 0 Å². The lowest BCUT2D eigenvalue weighted by Gasteiger charge is -2.11. The lowest BCUT2D eigenvalue weighted by Crippen LogP contribution is -2.24. The third-order valence-corrected chi connectivity index (χ3v) is 3.26. The zero-order valence-electron chi connectivity index (χ0n) is 11.5. The van der Waals surface area contributed by atoms with Gasteiger partial charge in [-0.15, -0.1) is 0 Å². The molecule has 2 aromatic heterocycles. The highest BCUT2D eigenvalue weighted by atomic mass is 35.5. The van der Waals surface area contributed by atoms with E-state index in [-0.39, 0.29) is 17.4 Å². The quantitative estimate of drug-likeness (QED) is 0.677. The molecule has 0 aliphatic rings. The van der Waals surface area contributed by atoms with E-state index in [1.165, 1.54) is 0 Å². The first-order valence-electron chi connectivity index (χ1n) is 6.08.